The first-order valence-electron chi connectivity index (χ1n) is 5.79. The average Bonchev–Trinajstić information content (AvgIpc) is 2.21. The smallest absolute Gasteiger partial charge is 0.269 e. The van der Waals surface area contributed by atoms with Crippen LogP contribution in [-0.4, -0.2) is 20.5 Å². The maximum atomic E-state index is 6.17. The summed E-state index contributed by atoms with van der Waals surface area (Å²) in [7, 11) is -1.84. The Hall–Kier alpha value is -0.353. The lowest BCUT2D eigenvalue weighted by molar-refractivity contribution is 0.127. The molecule has 0 saturated carbocycles. The molecule has 4 heteroatoms. The van der Waals surface area contributed by atoms with Crippen LogP contribution in [0.3, 0.4) is 0 Å². The second-order valence-electron chi connectivity index (χ2n) is 5.59. The van der Waals surface area contributed by atoms with Gasteiger partial charge in [0, 0.05) is 5.57 Å². The van der Waals surface area contributed by atoms with Gasteiger partial charge in [0.25, 0.3) is 14.3 Å². The van der Waals surface area contributed by atoms with E-state index in [2.05, 4.69) is 40.4 Å². The second kappa shape index (κ2) is 6.54. The normalized spacial score (nSPS) is 14.1. The van der Waals surface area contributed by atoms with E-state index in [9.17, 15) is 0 Å². The zero-order valence-corrected chi connectivity index (χ0v) is 14.0. The molecule has 0 saturated heterocycles. The summed E-state index contributed by atoms with van der Waals surface area (Å²) in [5, 5.41) is 0.169. The number of ether oxygens (including phenoxy) is 1. The van der Waals surface area contributed by atoms with Gasteiger partial charge >= 0.3 is 0 Å². The van der Waals surface area contributed by atoms with E-state index in [0.717, 1.165) is 5.57 Å². The lowest BCUT2D eigenvalue weighted by atomic mass is 10.2. The van der Waals surface area contributed by atoms with Gasteiger partial charge in [0.2, 0.25) is 0 Å². The van der Waals surface area contributed by atoms with Crippen LogP contribution in [0.1, 0.15) is 27.7 Å². The van der Waals surface area contributed by atoms with Crippen molar-refractivity contribution in [2.24, 2.45) is 0 Å². The molecular weight excluding hydrogens is 248 g/mol. The van der Waals surface area contributed by atoms with E-state index in [1.165, 1.54) is 0 Å². The largest absolute Gasteiger partial charge is 0.519 e. The minimum Gasteiger partial charge on any atom is -0.519 e. The van der Waals surface area contributed by atoms with Gasteiger partial charge in [-0.2, -0.15) is 0 Å². The fourth-order valence-electron chi connectivity index (χ4n) is 0.804. The van der Waals surface area contributed by atoms with Crippen LogP contribution in [0.15, 0.2) is 24.2 Å². The van der Waals surface area contributed by atoms with Crippen LogP contribution in [0, 0.1) is 0 Å². The Morgan fingerprint density at radius 3 is 2.24 bits per heavy atom. The Morgan fingerprint density at radius 1 is 1.35 bits per heavy atom. The third-order valence-corrected chi connectivity index (χ3v) is 7.75. The predicted molar refractivity (Wildman–Crippen MR) is 80.6 cm³/mol. The molecule has 0 aliphatic rings. The Balaban J connectivity index is 4.95. The molecule has 0 N–H and O–H groups in total. The third-order valence-electron chi connectivity index (χ3n) is 3.09. The minimum atomic E-state index is -1.84. The van der Waals surface area contributed by atoms with Gasteiger partial charge in [-0.3, -0.25) is 0 Å². The van der Waals surface area contributed by atoms with Gasteiger partial charge in [0.15, 0.2) is 0 Å². The first-order valence-corrected chi connectivity index (χ1v) is 10.1. The standard InChI is InChI=1S/C13H26O2SSi/c1-9-11(2)12(14-10-16-6)15-17(7,8)13(3,4)5/h9H,1,10H2,2-8H3/b12-11-. The Labute approximate surface area is 112 Å². The molecular formula is C13H26O2SSi. The van der Waals surface area contributed by atoms with Gasteiger partial charge in [0.1, 0.15) is 5.94 Å². The van der Waals surface area contributed by atoms with Gasteiger partial charge < -0.3 is 9.16 Å². The summed E-state index contributed by atoms with van der Waals surface area (Å²) in [6.45, 7) is 16.8. The lowest BCUT2D eigenvalue weighted by Gasteiger charge is -2.37. The fraction of sp³-hybridized carbons (Fsp3) is 0.692. The molecule has 100 valence electrons. The third kappa shape index (κ3) is 5.21. The Morgan fingerprint density at radius 2 is 1.88 bits per heavy atom. The number of allylic oxidation sites excluding steroid dienone is 2. The quantitative estimate of drug-likeness (QED) is 0.301. The molecule has 17 heavy (non-hydrogen) atoms. The van der Waals surface area contributed by atoms with Crippen molar-refractivity contribution in [1.82, 2.24) is 0 Å². The molecule has 0 bridgehead atoms. The first-order chi connectivity index (χ1) is 7.65. The van der Waals surface area contributed by atoms with E-state index < -0.39 is 8.32 Å². The van der Waals surface area contributed by atoms with Gasteiger partial charge in [-0.15, -0.1) is 11.8 Å². The molecule has 0 amide bonds. The van der Waals surface area contributed by atoms with E-state index in [1.54, 1.807) is 17.8 Å². The van der Waals surface area contributed by atoms with Crippen LogP contribution < -0.4 is 0 Å². The van der Waals surface area contributed by atoms with E-state index >= 15 is 0 Å². The second-order valence-corrected chi connectivity index (χ2v) is 11.1. The highest BCUT2D eigenvalue weighted by atomic mass is 32.2. The molecule has 0 spiro atoms. The van der Waals surface area contributed by atoms with Crippen LogP contribution >= 0.6 is 11.8 Å². The Kier molecular flexibility index (Phi) is 6.41. The van der Waals surface area contributed by atoms with Crippen molar-refractivity contribution in [3.63, 3.8) is 0 Å². The van der Waals surface area contributed by atoms with Crippen molar-refractivity contribution in [2.45, 2.75) is 45.8 Å². The highest BCUT2D eigenvalue weighted by molar-refractivity contribution is 7.98. The van der Waals surface area contributed by atoms with Crippen LogP contribution in [0.2, 0.25) is 18.1 Å². The lowest BCUT2D eigenvalue weighted by Crippen LogP contribution is -2.40. The number of thioether (sulfide) groups is 1. The van der Waals surface area contributed by atoms with E-state index in [-0.39, 0.29) is 5.04 Å². The molecule has 0 radical (unpaired) electrons. The summed E-state index contributed by atoms with van der Waals surface area (Å²) in [6, 6.07) is 0. The monoisotopic (exact) mass is 274 g/mol. The molecule has 0 aromatic carbocycles. The number of hydrogen-bond acceptors (Lipinski definition) is 3. The predicted octanol–water partition coefficient (Wildman–Crippen LogP) is 4.76. The summed E-state index contributed by atoms with van der Waals surface area (Å²) in [5.74, 6) is 1.25. The summed E-state index contributed by atoms with van der Waals surface area (Å²) in [5.41, 5.74) is 0.962. The molecule has 0 unspecified atom stereocenters. The van der Waals surface area contributed by atoms with Gasteiger partial charge in [-0.25, -0.2) is 0 Å². The van der Waals surface area contributed by atoms with Crippen molar-refractivity contribution >= 4 is 20.1 Å². The Bertz CT molecular complexity index is 290. The van der Waals surface area contributed by atoms with E-state index in [1.807, 2.05) is 13.2 Å². The number of hydrogen-bond donors (Lipinski definition) is 0. The SMILES string of the molecule is C=C/C(C)=C(/OCSC)O[Si](C)(C)C(C)(C)C. The molecule has 0 aromatic rings. The van der Waals surface area contributed by atoms with Crippen molar-refractivity contribution in [3.8, 4) is 0 Å². The summed E-state index contributed by atoms with van der Waals surface area (Å²) in [6.07, 6.45) is 3.79. The molecule has 0 fully saturated rings. The van der Waals surface area contributed by atoms with Crippen LogP contribution in [0.4, 0.5) is 0 Å². The average molecular weight is 275 g/mol. The van der Waals surface area contributed by atoms with Crippen LogP contribution in [-0.2, 0) is 9.16 Å². The number of rotatable bonds is 6. The molecule has 0 aromatic heterocycles. The van der Waals surface area contributed by atoms with E-state index in [4.69, 9.17) is 9.16 Å². The summed E-state index contributed by atoms with van der Waals surface area (Å²) >= 11 is 1.64. The molecule has 0 heterocycles. The van der Waals surface area contributed by atoms with Crippen molar-refractivity contribution in [2.75, 3.05) is 12.2 Å². The maximum Gasteiger partial charge on any atom is 0.269 e. The van der Waals surface area contributed by atoms with Crippen LogP contribution in [0.25, 0.3) is 0 Å². The van der Waals surface area contributed by atoms with E-state index in [0.29, 0.717) is 11.9 Å². The zero-order valence-electron chi connectivity index (χ0n) is 12.2. The molecule has 0 aliphatic heterocycles. The molecule has 0 atom stereocenters. The van der Waals surface area contributed by atoms with Gasteiger partial charge in [0.05, 0.1) is 0 Å². The zero-order chi connectivity index (χ0) is 13.7. The first kappa shape index (κ1) is 16.6. The maximum absolute atomic E-state index is 6.17. The van der Waals surface area contributed by atoms with Crippen molar-refractivity contribution in [3.05, 3.63) is 24.2 Å². The van der Waals surface area contributed by atoms with Gasteiger partial charge in [-0.05, 0) is 31.3 Å². The fourth-order valence-corrected chi connectivity index (χ4v) is 2.02. The summed E-state index contributed by atoms with van der Waals surface area (Å²) < 4.78 is 11.8. The molecule has 0 rings (SSSR count). The highest BCUT2D eigenvalue weighted by Gasteiger charge is 2.40. The molecule has 0 aliphatic carbocycles. The molecule has 2 nitrogen and oxygen atoms in total. The highest BCUT2D eigenvalue weighted by Crippen LogP contribution is 2.38. The van der Waals surface area contributed by atoms with Crippen LogP contribution in [0.5, 0.6) is 0 Å². The minimum absolute atomic E-state index is 0.169. The van der Waals surface area contributed by atoms with Crippen molar-refractivity contribution < 1.29 is 9.16 Å². The van der Waals surface area contributed by atoms with Gasteiger partial charge in [-0.1, -0.05) is 33.4 Å². The van der Waals surface area contributed by atoms with Crippen molar-refractivity contribution in [1.29, 1.82) is 0 Å². The topological polar surface area (TPSA) is 18.5 Å². The summed E-state index contributed by atoms with van der Waals surface area (Å²) in [4.78, 5) is 0.